The zero-order valence-corrected chi connectivity index (χ0v) is 10.9. The summed E-state index contributed by atoms with van der Waals surface area (Å²) in [6.45, 7) is 4.41. The molecule has 2 aromatic rings. The van der Waals surface area contributed by atoms with Crippen molar-refractivity contribution in [2.24, 2.45) is 0 Å². The molecule has 0 bridgehead atoms. The molecule has 98 valence electrons. The number of hydrogen-bond donors (Lipinski definition) is 1. The van der Waals surface area contributed by atoms with E-state index in [1.807, 2.05) is 19.9 Å². The molecule has 1 aromatic carbocycles. The number of ether oxygens (including phenoxy) is 1. The summed E-state index contributed by atoms with van der Waals surface area (Å²) in [5.74, 6) is -0.254. The van der Waals surface area contributed by atoms with Crippen molar-refractivity contribution in [1.29, 1.82) is 0 Å². The summed E-state index contributed by atoms with van der Waals surface area (Å²) in [5.41, 5.74) is 2.98. The second kappa shape index (κ2) is 5.52. The average Bonchev–Trinajstić information content (AvgIpc) is 2.39. The number of carbonyl (C=O) groups is 1. The van der Waals surface area contributed by atoms with E-state index in [0.29, 0.717) is 12.4 Å². The third-order valence-electron chi connectivity index (χ3n) is 2.82. The molecule has 0 aliphatic heterocycles. The Kier molecular flexibility index (Phi) is 3.80. The van der Waals surface area contributed by atoms with Crippen LogP contribution in [0.25, 0.3) is 11.1 Å². The molecule has 1 N–H and O–H groups in total. The van der Waals surface area contributed by atoms with Crippen LogP contribution < -0.4 is 4.74 Å². The van der Waals surface area contributed by atoms with Crippen molar-refractivity contribution < 1.29 is 14.6 Å². The molecule has 19 heavy (non-hydrogen) atoms. The van der Waals surface area contributed by atoms with Crippen molar-refractivity contribution in [1.82, 2.24) is 4.98 Å². The van der Waals surface area contributed by atoms with Gasteiger partial charge in [-0.1, -0.05) is 6.07 Å². The maximum absolute atomic E-state index is 11.0. The highest BCUT2D eigenvalue weighted by Crippen LogP contribution is 2.26. The fourth-order valence-electron chi connectivity index (χ4n) is 1.88. The van der Waals surface area contributed by atoms with E-state index < -0.39 is 5.97 Å². The van der Waals surface area contributed by atoms with Crippen LogP contribution in [0.15, 0.2) is 36.7 Å². The Morgan fingerprint density at radius 3 is 2.79 bits per heavy atom. The third kappa shape index (κ3) is 2.91. The van der Waals surface area contributed by atoms with Crippen LogP contribution in [-0.2, 0) is 0 Å². The number of aryl methyl sites for hydroxylation is 1. The van der Waals surface area contributed by atoms with Crippen molar-refractivity contribution in [3.8, 4) is 16.9 Å². The first-order valence-corrected chi connectivity index (χ1v) is 6.04. The van der Waals surface area contributed by atoms with Gasteiger partial charge in [-0.25, -0.2) is 4.79 Å². The zero-order chi connectivity index (χ0) is 13.8. The van der Waals surface area contributed by atoms with Crippen LogP contribution in [-0.4, -0.2) is 22.7 Å². The number of carboxylic acids is 1. The number of hydrogen-bond acceptors (Lipinski definition) is 3. The van der Waals surface area contributed by atoms with Crippen molar-refractivity contribution in [3.63, 3.8) is 0 Å². The van der Waals surface area contributed by atoms with Gasteiger partial charge >= 0.3 is 5.97 Å². The standard InChI is InChI=1S/C15H15NO3/c1-3-19-13-6-12(8-16-9-13)14-7-11(15(17)18)5-4-10(14)2/h4-9H,3H2,1-2H3,(H,17,18). The van der Waals surface area contributed by atoms with Crippen LogP contribution in [0.1, 0.15) is 22.8 Å². The topological polar surface area (TPSA) is 59.4 Å². The fourth-order valence-corrected chi connectivity index (χ4v) is 1.88. The number of rotatable bonds is 4. The third-order valence-corrected chi connectivity index (χ3v) is 2.82. The molecule has 4 heteroatoms. The van der Waals surface area contributed by atoms with E-state index in [0.717, 1.165) is 16.7 Å². The van der Waals surface area contributed by atoms with E-state index in [1.54, 1.807) is 30.6 Å². The van der Waals surface area contributed by atoms with Crippen LogP contribution in [0.5, 0.6) is 5.75 Å². The Balaban J connectivity index is 2.48. The lowest BCUT2D eigenvalue weighted by molar-refractivity contribution is 0.0697. The Labute approximate surface area is 111 Å². The number of pyridine rings is 1. The first-order valence-electron chi connectivity index (χ1n) is 6.04. The molecule has 0 aliphatic rings. The molecular weight excluding hydrogens is 242 g/mol. The van der Waals surface area contributed by atoms with Gasteiger partial charge in [-0.3, -0.25) is 4.98 Å². The second-order valence-corrected chi connectivity index (χ2v) is 4.18. The molecule has 0 aliphatic carbocycles. The van der Waals surface area contributed by atoms with Gasteiger partial charge < -0.3 is 9.84 Å². The van der Waals surface area contributed by atoms with Crippen LogP contribution in [0, 0.1) is 6.92 Å². The Bertz CT molecular complexity index is 608. The molecule has 0 saturated carbocycles. The molecule has 1 heterocycles. The highest BCUT2D eigenvalue weighted by molar-refractivity contribution is 5.90. The van der Waals surface area contributed by atoms with E-state index in [2.05, 4.69) is 4.98 Å². The minimum absolute atomic E-state index is 0.266. The highest BCUT2D eigenvalue weighted by atomic mass is 16.5. The zero-order valence-electron chi connectivity index (χ0n) is 10.9. The van der Waals surface area contributed by atoms with Gasteiger partial charge in [0.15, 0.2) is 0 Å². The van der Waals surface area contributed by atoms with Crippen LogP contribution >= 0.6 is 0 Å². The van der Waals surface area contributed by atoms with Gasteiger partial charge in [0.2, 0.25) is 0 Å². The lowest BCUT2D eigenvalue weighted by atomic mass is 9.99. The molecule has 0 saturated heterocycles. The predicted molar refractivity (Wildman–Crippen MR) is 72.5 cm³/mol. The lowest BCUT2D eigenvalue weighted by Gasteiger charge is -2.09. The highest BCUT2D eigenvalue weighted by Gasteiger charge is 2.09. The van der Waals surface area contributed by atoms with E-state index in [4.69, 9.17) is 9.84 Å². The normalized spacial score (nSPS) is 10.2. The summed E-state index contributed by atoms with van der Waals surface area (Å²) >= 11 is 0. The van der Waals surface area contributed by atoms with E-state index >= 15 is 0 Å². The first-order chi connectivity index (χ1) is 9.11. The molecule has 0 spiro atoms. The number of aromatic carboxylic acids is 1. The summed E-state index contributed by atoms with van der Waals surface area (Å²) in [6, 6.07) is 6.92. The van der Waals surface area contributed by atoms with Crippen LogP contribution in [0.2, 0.25) is 0 Å². The fraction of sp³-hybridized carbons (Fsp3) is 0.200. The SMILES string of the molecule is CCOc1cncc(-c2cc(C(=O)O)ccc2C)c1. The number of nitrogens with zero attached hydrogens (tertiary/aromatic N) is 1. The summed E-state index contributed by atoms with van der Waals surface area (Å²) in [4.78, 5) is 15.1. The second-order valence-electron chi connectivity index (χ2n) is 4.18. The maximum atomic E-state index is 11.0. The van der Waals surface area contributed by atoms with E-state index in [-0.39, 0.29) is 5.56 Å². The number of aromatic nitrogens is 1. The molecule has 2 rings (SSSR count). The van der Waals surface area contributed by atoms with Crippen molar-refractivity contribution >= 4 is 5.97 Å². The maximum Gasteiger partial charge on any atom is 0.335 e. The molecule has 0 fully saturated rings. The van der Waals surface area contributed by atoms with E-state index in [1.165, 1.54) is 0 Å². The molecule has 4 nitrogen and oxygen atoms in total. The minimum Gasteiger partial charge on any atom is -0.492 e. The molecular formula is C15H15NO3. The van der Waals surface area contributed by atoms with Crippen molar-refractivity contribution in [2.45, 2.75) is 13.8 Å². The molecule has 0 radical (unpaired) electrons. The molecule has 1 aromatic heterocycles. The summed E-state index contributed by atoms with van der Waals surface area (Å²) < 4.78 is 5.41. The van der Waals surface area contributed by atoms with Gasteiger partial charge in [0, 0.05) is 11.8 Å². The molecule has 0 amide bonds. The smallest absolute Gasteiger partial charge is 0.335 e. The summed E-state index contributed by atoms with van der Waals surface area (Å²) in [5, 5.41) is 9.05. The Morgan fingerprint density at radius 1 is 1.32 bits per heavy atom. The molecule has 0 atom stereocenters. The number of carboxylic acid groups (broad SMARTS) is 1. The largest absolute Gasteiger partial charge is 0.492 e. The number of benzene rings is 1. The van der Waals surface area contributed by atoms with Gasteiger partial charge in [0.05, 0.1) is 18.4 Å². The lowest BCUT2D eigenvalue weighted by Crippen LogP contribution is -1.98. The monoisotopic (exact) mass is 257 g/mol. The van der Waals surface area contributed by atoms with Crippen LogP contribution in [0.4, 0.5) is 0 Å². The molecule has 0 unspecified atom stereocenters. The van der Waals surface area contributed by atoms with E-state index in [9.17, 15) is 4.79 Å². The van der Waals surface area contributed by atoms with Gasteiger partial charge in [-0.2, -0.15) is 0 Å². The Morgan fingerprint density at radius 2 is 2.11 bits per heavy atom. The predicted octanol–water partition coefficient (Wildman–Crippen LogP) is 3.15. The van der Waals surface area contributed by atoms with Gasteiger partial charge in [0.1, 0.15) is 5.75 Å². The minimum atomic E-state index is -0.935. The van der Waals surface area contributed by atoms with Crippen LogP contribution in [0.3, 0.4) is 0 Å². The summed E-state index contributed by atoms with van der Waals surface area (Å²) in [6.07, 6.45) is 3.35. The van der Waals surface area contributed by atoms with Gasteiger partial charge in [-0.15, -0.1) is 0 Å². The van der Waals surface area contributed by atoms with Gasteiger partial charge in [0.25, 0.3) is 0 Å². The summed E-state index contributed by atoms with van der Waals surface area (Å²) in [7, 11) is 0. The van der Waals surface area contributed by atoms with Crippen molar-refractivity contribution in [3.05, 3.63) is 47.8 Å². The Hall–Kier alpha value is -2.36. The van der Waals surface area contributed by atoms with Gasteiger partial charge in [-0.05, 0) is 43.2 Å². The van der Waals surface area contributed by atoms with Crippen molar-refractivity contribution in [2.75, 3.05) is 6.61 Å². The average molecular weight is 257 g/mol. The quantitative estimate of drug-likeness (QED) is 0.914. The first kappa shape index (κ1) is 13.1.